The average Bonchev–Trinajstić information content (AvgIpc) is 2.45. The van der Waals surface area contributed by atoms with E-state index in [2.05, 4.69) is 26.1 Å². The van der Waals surface area contributed by atoms with Crippen LogP contribution in [0.2, 0.25) is 0 Å². The second kappa shape index (κ2) is 7.39. The molecule has 0 atom stereocenters. The fraction of sp³-hybridized carbons (Fsp3) is 0.500. The highest BCUT2D eigenvalue weighted by atomic mass is 32.1. The highest BCUT2D eigenvalue weighted by Crippen LogP contribution is 2.19. The number of carbonyl (C=O) groups excluding carboxylic acids is 1. The Morgan fingerprint density at radius 1 is 1.15 bits per heavy atom. The molecule has 3 nitrogen and oxygen atoms in total. The molecule has 0 aliphatic heterocycles. The minimum Gasteiger partial charge on any atom is -0.389 e. The van der Waals surface area contributed by atoms with Gasteiger partial charge in [0.15, 0.2) is 0 Å². The molecule has 0 aromatic heterocycles. The number of carbonyl (C=O) groups is 1. The molecule has 0 aliphatic carbocycles. The zero-order valence-electron chi connectivity index (χ0n) is 12.5. The third-order valence-corrected chi connectivity index (χ3v) is 4.27. The van der Waals surface area contributed by atoms with E-state index in [0.29, 0.717) is 11.4 Å². The van der Waals surface area contributed by atoms with Gasteiger partial charge in [-0.3, -0.25) is 4.79 Å². The summed E-state index contributed by atoms with van der Waals surface area (Å²) in [7, 11) is 0. The van der Waals surface area contributed by atoms with Gasteiger partial charge in [-0.05, 0) is 24.8 Å². The number of hydrogen-bond donors (Lipinski definition) is 2. The average molecular weight is 292 g/mol. The van der Waals surface area contributed by atoms with Gasteiger partial charge in [0.05, 0.1) is 6.42 Å². The summed E-state index contributed by atoms with van der Waals surface area (Å²) < 4.78 is 0. The number of benzene rings is 1. The molecule has 0 radical (unpaired) electrons. The molecular weight excluding hydrogens is 268 g/mol. The van der Waals surface area contributed by atoms with Gasteiger partial charge < -0.3 is 11.1 Å². The van der Waals surface area contributed by atoms with E-state index in [4.69, 9.17) is 18.0 Å². The molecule has 0 fully saturated rings. The first-order valence-electron chi connectivity index (χ1n) is 7.16. The number of rotatable bonds is 7. The SMILES string of the molecule is CCC(CC)(CC)NC(=O)Cc1ccc(C(N)=S)cc1. The van der Waals surface area contributed by atoms with E-state index < -0.39 is 0 Å². The molecule has 0 heterocycles. The topological polar surface area (TPSA) is 55.1 Å². The van der Waals surface area contributed by atoms with E-state index in [0.717, 1.165) is 30.4 Å². The summed E-state index contributed by atoms with van der Waals surface area (Å²) >= 11 is 4.91. The molecule has 1 aromatic carbocycles. The van der Waals surface area contributed by atoms with Crippen molar-refractivity contribution < 1.29 is 4.79 Å². The lowest BCUT2D eigenvalue weighted by molar-refractivity contribution is -0.122. The maximum atomic E-state index is 12.2. The van der Waals surface area contributed by atoms with E-state index >= 15 is 0 Å². The van der Waals surface area contributed by atoms with E-state index in [1.165, 1.54) is 0 Å². The summed E-state index contributed by atoms with van der Waals surface area (Å²) in [6, 6.07) is 7.52. The van der Waals surface area contributed by atoms with Crippen LogP contribution in [0, 0.1) is 0 Å². The molecular formula is C16H24N2OS. The Morgan fingerprint density at radius 2 is 1.65 bits per heavy atom. The molecule has 0 unspecified atom stereocenters. The second-order valence-electron chi connectivity index (χ2n) is 5.13. The van der Waals surface area contributed by atoms with Crippen molar-refractivity contribution in [3.05, 3.63) is 35.4 Å². The van der Waals surface area contributed by atoms with E-state index in [9.17, 15) is 4.79 Å². The van der Waals surface area contributed by atoms with Crippen LogP contribution in [0.3, 0.4) is 0 Å². The first kappa shape index (κ1) is 16.6. The summed E-state index contributed by atoms with van der Waals surface area (Å²) in [4.78, 5) is 12.5. The van der Waals surface area contributed by atoms with Gasteiger partial charge in [0.25, 0.3) is 0 Å². The molecule has 1 amide bonds. The Labute approximate surface area is 126 Å². The first-order chi connectivity index (χ1) is 9.46. The van der Waals surface area contributed by atoms with Gasteiger partial charge in [-0.2, -0.15) is 0 Å². The monoisotopic (exact) mass is 292 g/mol. The number of amides is 1. The van der Waals surface area contributed by atoms with Crippen molar-refractivity contribution in [1.82, 2.24) is 5.32 Å². The number of nitrogens with one attached hydrogen (secondary N) is 1. The molecule has 0 spiro atoms. The summed E-state index contributed by atoms with van der Waals surface area (Å²) in [5.74, 6) is 0.0682. The lowest BCUT2D eigenvalue weighted by Crippen LogP contribution is -2.47. The fourth-order valence-corrected chi connectivity index (χ4v) is 2.46. The summed E-state index contributed by atoms with van der Waals surface area (Å²) in [6.07, 6.45) is 3.24. The van der Waals surface area contributed by atoms with Gasteiger partial charge in [-0.1, -0.05) is 57.3 Å². The van der Waals surface area contributed by atoms with Crippen molar-refractivity contribution in [3.8, 4) is 0 Å². The Morgan fingerprint density at radius 3 is 2.05 bits per heavy atom. The highest BCUT2D eigenvalue weighted by Gasteiger charge is 2.25. The summed E-state index contributed by atoms with van der Waals surface area (Å²) in [6.45, 7) is 6.35. The van der Waals surface area contributed by atoms with Gasteiger partial charge in [-0.15, -0.1) is 0 Å². The van der Waals surface area contributed by atoms with Crippen LogP contribution >= 0.6 is 12.2 Å². The van der Waals surface area contributed by atoms with Crippen LogP contribution in [-0.4, -0.2) is 16.4 Å². The Hall–Kier alpha value is -1.42. The quantitative estimate of drug-likeness (QED) is 0.760. The van der Waals surface area contributed by atoms with Crippen LogP contribution in [0.5, 0.6) is 0 Å². The number of thiocarbonyl (C=S) groups is 1. The molecule has 3 N–H and O–H groups in total. The largest absolute Gasteiger partial charge is 0.389 e. The molecule has 110 valence electrons. The third-order valence-electron chi connectivity index (χ3n) is 4.04. The van der Waals surface area contributed by atoms with Crippen molar-refractivity contribution in [2.75, 3.05) is 0 Å². The zero-order valence-corrected chi connectivity index (χ0v) is 13.3. The minimum absolute atomic E-state index is 0.0682. The lowest BCUT2D eigenvalue weighted by atomic mass is 9.89. The summed E-state index contributed by atoms with van der Waals surface area (Å²) in [5.41, 5.74) is 7.28. The molecule has 0 aliphatic rings. The standard InChI is InChI=1S/C16H24N2OS/c1-4-16(5-2,6-3)18-14(19)11-12-7-9-13(10-8-12)15(17)20/h7-10H,4-6,11H2,1-3H3,(H2,17,20)(H,18,19). The predicted octanol–water partition coefficient (Wildman–Crippen LogP) is 2.95. The number of hydrogen-bond acceptors (Lipinski definition) is 2. The van der Waals surface area contributed by atoms with E-state index in [1.54, 1.807) is 0 Å². The third kappa shape index (κ3) is 4.30. The molecule has 4 heteroatoms. The molecule has 20 heavy (non-hydrogen) atoms. The van der Waals surface area contributed by atoms with Crippen LogP contribution < -0.4 is 11.1 Å². The predicted molar refractivity (Wildman–Crippen MR) is 87.8 cm³/mol. The van der Waals surface area contributed by atoms with Crippen LogP contribution in [0.1, 0.15) is 51.2 Å². The number of nitrogens with two attached hydrogens (primary N) is 1. The van der Waals surface area contributed by atoms with Crippen molar-refractivity contribution in [1.29, 1.82) is 0 Å². The van der Waals surface area contributed by atoms with Crippen molar-refractivity contribution >= 4 is 23.1 Å². The molecule has 0 saturated carbocycles. The highest BCUT2D eigenvalue weighted by molar-refractivity contribution is 7.80. The van der Waals surface area contributed by atoms with Crippen molar-refractivity contribution in [2.45, 2.75) is 52.0 Å². The molecule has 1 rings (SSSR count). The minimum atomic E-state index is -0.0736. The zero-order chi connectivity index (χ0) is 15.2. The van der Waals surface area contributed by atoms with Crippen LogP contribution in [0.15, 0.2) is 24.3 Å². The van der Waals surface area contributed by atoms with Gasteiger partial charge in [-0.25, -0.2) is 0 Å². The second-order valence-corrected chi connectivity index (χ2v) is 5.57. The van der Waals surface area contributed by atoms with Gasteiger partial charge >= 0.3 is 0 Å². The normalized spacial score (nSPS) is 11.2. The smallest absolute Gasteiger partial charge is 0.224 e. The van der Waals surface area contributed by atoms with Crippen LogP contribution in [0.4, 0.5) is 0 Å². The van der Waals surface area contributed by atoms with Gasteiger partial charge in [0, 0.05) is 11.1 Å². The fourth-order valence-electron chi connectivity index (χ4n) is 2.33. The van der Waals surface area contributed by atoms with E-state index in [1.807, 2.05) is 24.3 Å². The summed E-state index contributed by atoms with van der Waals surface area (Å²) in [5, 5.41) is 3.18. The Bertz CT molecular complexity index is 456. The molecule has 0 saturated heterocycles. The lowest BCUT2D eigenvalue weighted by Gasteiger charge is -2.31. The van der Waals surface area contributed by atoms with Crippen LogP contribution in [0.25, 0.3) is 0 Å². The van der Waals surface area contributed by atoms with Crippen LogP contribution in [-0.2, 0) is 11.2 Å². The Balaban J connectivity index is 2.68. The molecule has 0 bridgehead atoms. The van der Waals surface area contributed by atoms with Crippen molar-refractivity contribution in [3.63, 3.8) is 0 Å². The molecule has 1 aromatic rings. The van der Waals surface area contributed by atoms with Crippen molar-refractivity contribution in [2.24, 2.45) is 5.73 Å². The first-order valence-corrected chi connectivity index (χ1v) is 7.57. The maximum absolute atomic E-state index is 12.2. The maximum Gasteiger partial charge on any atom is 0.224 e. The van der Waals surface area contributed by atoms with E-state index in [-0.39, 0.29) is 11.4 Å². The Kier molecular flexibility index (Phi) is 6.14. The van der Waals surface area contributed by atoms with Gasteiger partial charge in [0.2, 0.25) is 5.91 Å². The van der Waals surface area contributed by atoms with Gasteiger partial charge in [0.1, 0.15) is 4.99 Å².